The molecule has 0 saturated heterocycles. The van der Waals surface area contributed by atoms with E-state index in [0.717, 1.165) is 23.4 Å². The lowest BCUT2D eigenvalue weighted by molar-refractivity contribution is 0.999. The molecular formula is C12H14N4. The molecule has 2 aromatic heterocycles. The molecule has 0 aromatic carbocycles. The predicted octanol–water partition coefficient (Wildman–Crippen LogP) is 1.99. The first kappa shape index (κ1) is 10.5. The van der Waals surface area contributed by atoms with Crippen LogP contribution in [0.2, 0.25) is 0 Å². The molecule has 16 heavy (non-hydrogen) atoms. The van der Waals surface area contributed by atoms with Crippen LogP contribution < -0.4 is 5.73 Å². The topological polar surface area (TPSA) is 64.7 Å². The van der Waals surface area contributed by atoms with E-state index in [0.29, 0.717) is 11.6 Å². The van der Waals surface area contributed by atoms with Gasteiger partial charge in [-0.2, -0.15) is 0 Å². The van der Waals surface area contributed by atoms with E-state index in [1.165, 1.54) is 0 Å². The quantitative estimate of drug-likeness (QED) is 0.830. The lowest BCUT2D eigenvalue weighted by Gasteiger charge is -2.05. The fourth-order valence-electron chi connectivity index (χ4n) is 1.53. The third kappa shape index (κ3) is 2.00. The van der Waals surface area contributed by atoms with E-state index in [1.54, 1.807) is 12.3 Å². The smallest absolute Gasteiger partial charge is 0.180 e. The molecule has 2 N–H and O–H groups in total. The number of pyridine rings is 1. The average Bonchev–Trinajstić information content (AvgIpc) is 2.28. The van der Waals surface area contributed by atoms with Crippen molar-refractivity contribution in [1.82, 2.24) is 15.0 Å². The summed E-state index contributed by atoms with van der Waals surface area (Å²) in [6.45, 7) is 4.03. The Hall–Kier alpha value is -1.97. The molecule has 4 nitrogen and oxygen atoms in total. The largest absolute Gasteiger partial charge is 0.384 e. The number of hydrogen-bond acceptors (Lipinski definition) is 4. The molecule has 0 radical (unpaired) electrons. The number of nitrogens with two attached hydrogens (primary N) is 1. The summed E-state index contributed by atoms with van der Waals surface area (Å²) < 4.78 is 0. The number of aromatic nitrogens is 3. The van der Waals surface area contributed by atoms with Crippen LogP contribution in [0.4, 0.5) is 5.82 Å². The Morgan fingerprint density at radius 2 is 2.12 bits per heavy atom. The van der Waals surface area contributed by atoms with E-state index in [2.05, 4.69) is 15.0 Å². The third-order valence-electron chi connectivity index (χ3n) is 2.38. The second-order valence-corrected chi connectivity index (χ2v) is 3.63. The van der Waals surface area contributed by atoms with Crippen molar-refractivity contribution in [2.75, 3.05) is 5.73 Å². The number of nitrogen functional groups attached to an aromatic ring is 1. The minimum absolute atomic E-state index is 0.493. The summed E-state index contributed by atoms with van der Waals surface area (Å²) in [5.74, 6) is 1.10. The van der Waals surface area contributed by atoms with Crippen LogP contribution in [-0.4, -0.2) is 15.0 Å². The summed E-state index contributed by atoms with van der Waals surface area (Å²) in [5.41, 5.74) is 8.53. The van der Waals surface area contributed by atoms with Crippen LogP contribution in [0.15, 0.2) is 24.4 Å². The highest BCUT2D eigenvalue weighted by molar-refractivity contribution is 5.56. The molecule has 82 valence electrons. The molecule has 0 spiro atoms. The number of rotatable bonds is 2. The van der Waals surface area contributed by atoms with Crippen molar-refractivity contribution >= 4 is 5.82 Å². The Labute approximate surface area is 94.6 Å². The molecule has 0 aliphatic carbocycles. The van der Waals surface area contributed by atoms with E-state index >= 15 is 0 Å². The van der Waals surface area contributed by atoms with Crippen molar-refractivity contribution in [2.24, 2.45) is 0 Å². The Morgan fingerprint density at radius 3 is 2.81 bits per heavy atom. The molecular weight excluding hydrogens is 200 g/mol. The van der Waals surface area contributed by atoms with Gasteiger partial charge in [0, 0.05) is 18.0 Å². The van der Waals surface area contributed by atoms with Crippen LogP contribution in [0.25, 0.3) is 11.5 Å². The number of aryl methyl sites for hydroxylation is 2. The van der Waals surface area contributed by atoms with Gasteiger partial charge in [-0.1, -0.05) is 13.0 Å². The Morgan fingerprint density at radius 1 is 1.31 bits per heavy atom. The van der Waals surface area contributed by atoms with Crippen molar-refractivity contribution < 1.29 is 0 Å². The summed E-state index contributed by atoms with van der Waals surface area (Å²) in [4.78, 5) is 12.9. The normalized spacial score (nSPS) is 10.4. The highest BCUT2D eigenvalue weighted by Crippen LogP contribution is 2.18. The zero-order valence-corrected chi connectivity index (χ0v) is 9.44. The van der Waals surface area contributed by atoms with Crippen molar-refractivity contribution in [2.45, 2.75) is 20.3 Å². The van der Waals surface area contributed by atoms with Gasteiger partial charge in [-0.15, -0.1) is 0 Å². The van der Waals surface area contributed by atoms with Crippen LogP contribution in [0.3, 0.4) is 0 Å². The second kappa shape index (κ2) is 4.26. The maximum absolute atomic E-state index is 5.74. The SMILES string of the molecule is CCc1cc(N)nc(-c2ncccc2C)n1. The number of nitrogens with zero attached hydrogens (tertiary/aromatic N) is 3. The van der Waals surface area contributed by atoms with Crippen LogP contribution in [-0.2, 0) is 6.42 Å². The average molecular weight is 214 g/mol. The summed E-state index contributed by atoms with van der Waals surface area (Å²) in [5, 5.41) is 0. The zero-order chi connectivity index (χ0) is 11.5. The molecule has 2 heterocycles. The first-order valence-corrected chi connectivity index (χ1v) is 5.26. The van der Waals surface area contributed by atoms with E-state index in [1.807, 2.05) is 26.0 Å². The Kier molecular flexibility index (Phi) is 2.81. The minimum atomic E-state index is 0.493. The molecule has 0 unspecified atom stereocenters. The van der Waals surface area contributed by atoms with Crippen molar-refractivity contribution in [1.29, 1.82) is 0 Å². The van der Waals surface area contributed by atoms with Crippen molar-refractivity contribution in [3.63, 3.8) is 0 Å². The molecule has 0 bridgehead atoms. The van der Waals surface area contributed by atoms with Gasteiger partial charge in [0.15, 0.2) is 5.82 Å². The van der Waals surface area contributed by atoms with Crippen LogP contribution >= 0.6 is 0 Å². The molecule has 2 aromatic rings. The highest BCUT2D eigenvalue weighted by atomic mass is 15.0. The highest BCUT2D eigenvalue weighted by Gasteiger charge is 2.08. The first-order chi connectivity index (χ1) is 7.70. The van der Waals surface area contributed by atoms with E-state index in [-0.39, 0.29) is 0 Å². The van der Waals surface area contributed by atoms with Gasteiger partial charge in [-0.25, -0.2) is 9.97 Å². The van der Waals surface area contributed by atoms with Gasteiger partial charge in [-0.3, -0.25) is 4.98 Å². The molecule has 0 amide bonds. The second-order valence-electron chi connectivity index (χ2n) is 3.63. The standard InChI is InChI=1S/C12H14N4/c1-3-9-7-10(13)16-12(15-9)11-8(2)5-4-6-14-11/h4-7H,3H2,1-2H3,(H2,13,15,16). The van der Waals surface area contributed by atoms with E-state index in [4.69, 9.17) is 5.73 Å². The van der Waals surface area contributed by atoms with Gasteiger partial charge in [0.05, 0.1) is 0 Å². The third-order valence-corrected chi connectivity index (χ3v) is 2.38. The Balaban J connectivity index is 2.56. The van der Waals surface area contributed by atoms with E-state index < -0.39 is 0 Å². The molecule has 0 fully saturated rings. The molecule has 2 rings (SSSR count). The minimum Gasteiger partial charge on any atom is -0.384 e. The maximum Gasteiger partial charge on any atom is 0.180 e. The first-order valence-electron chi connectivity index (χ1n) is 5.26. The van der Waals surface area contributed by atoms with Gasteiger partial charge in [0.2, 0.25) is 0 Å². The van der Waals surface area contributed by atoms with Gasteiger partial charge >= 0.3 is 0 Å². The van der Waals surface area contributed by atoms with Crippen molar-refractivity contribution in [3.8, 4) is 11.5 Å². The lowest BCUT2D eigenvalue weighted by atomic mass is 10.2. The number of hydrogen-bond donors (Lipinski definition) is 1. The van der Waals surface area contributed by atoms with Gasteiger partial charge < -0.3 is 5.73 Å². The van der Waals surface area contributed by atoms with Crippen LogP contribution in [0.1, 0.15) is 18.2 Å². The zero-order valence-electron chi connectivity index (χ0n) is 9.44. The molecule has 0 aliphatic rings. The maximum atomic E-state index is 5.74. The number of anilines is 1. The fraction of sp³-hybridized carbons (Fsp3) is 0.250. The van der Waals surface area contributed by atoms with Gasteiger partial charge in [0.1, 0.15) is 11.5 Å². The van der Waals surface area contributed by atoms with Crippen molar-refractivity contribution in [3.05, 3.63) is 35.7 Å². The summed E-state index contributed by atoms with van der Waals surface area (Å²) in [6, 6.07) is 5.67. The Bertz CT molecular complexity index is 508. The molecule has 0 saturated carbocycles. The predicted molar refractivity (Wildman–Crippen MR) is 63.8 cm³/mol. The van der Waals surface area contributed by atoms with E-state index in [9.17, 15) is 0 Å². The molecule has 4 heteroatoms. The fourth-order valence-corrected chi connectivity index (χ4v) is 1.53. The van der Waals surface area contributed by atoms with Crippen LogP contribution in [0, 0.1) is 6.92 Å². The van der Waals surface area contributed by atoms with Gasteiger partial charge in [-0.05, 0) is 25.0 Å². The summed E-state index contributed by atoms with van der Waals surface area (Å²) >= 11 is 0. The van der Waals surface area contributed by atoms with Crippen LogP contribution in [0.5, 0.6) is 0 Å². The molecule has 0 aliphatic heterocycles. The molecule has 0 atom stereocenters. The van der Waals surface area contributed by atoms with Gasteiger partial charge in [0.25, 0.3) is 0 Å². The summed E-state index contributed by atoms with van der Waals surface area (Å²) in [7, 11) is 0. The lowest BCUT2D eigenvalue weighted by Crippen LogP contribution is -2.01. The monoisotopic (exact) mass is 214 g/mol. The summed E-state index contributed by atoms with van der Waals surface area (Å²) in [6.07, 6.45) is 2.58.